The van der Waals surface area contributed by atoms with Crippen LogP contribution >= 0.6 is 0 Å². The van der Waals surface area contributed by atoms with Crippen molar-refractivity contribution < 1.29 is 4.79 Å². The van der Waals surface area contributed by atoms with Crippen LogP contribution in [0.15, 0.2) is 35.3 Å². The van der Waals surface area contributed by atoms with Crippen LogP contribution in [0.5, 0.6) is 0 Å². The summed E-state index contributed by atoms with van der Waals surface area (Å²) in [5.41, 5.74) is 1.21. The standard InChI is InChI=1S/C20H30N6O/c1-22-19(24-15-21)25-17-9-11-20(12-10-17,16-7-5-4-6-8-16)14-23-18(27)13-26(2)3/h4-8,17H,9-14H2,1-3H3,(H,23,27)(H2,22,24,25)/t17-,20-. The number of amides is 1. The van der Waals surface area contributed by atoms with Gasteiger partial charge in [0.05, 0.1) is 6.54 Å². The maximum atomic E-state index is 12.2. The van der Waals surface area contributed by atoms with Gasteiger partial charge in [-0.2, -0.15) is 5.26 Å². The lowest BCUT2D eigenvalue weighted by Gasteiger charge is -2.41. The Morgan fingerprint density at radius 3 is 2.52 bits per heavy atom. The van der Waals surface area contributed by atoms with Gasteiger partial charge in [0, 0.05) is 25.0 Å². The van der Waals surface area contributed by atoms with Crippen LogP contribution in [-0.4, -0.2) is 57.0 Å². The number of carbonyl (C=O) groups is 1. The average Bonchev–Trinajstić information content (AvgIpc) is 2.67. The largest absolute Gasteiger partial charge is 0.359 e. The zero-order chi connectivity index (χ0) is 19.7. The van der Waals surface area contributed by atoms with E-state index in [1.165, 1.54) is 5.56 Å². The maximum absolute atomic E-state index is 12.2. The fourth-order valence-corrected chi connectivity index (χ4v) is 3.69. The van der Waals surface area contributed by atoms with Gasteiger partial charge in [-0.3, -0.25) is 4.79 Å². The van der Waals surface area contributed by atoms with E-state index in [0.29, 0.717) is 19.0 Å². The summed E-state index contributed by atoms with van der Waals surface area (Å²) in [5, 5.41) is 18.1. The Morgan fingerprint density at radius 1 is 1.30 bits per heavy atom. The number of nitrogens with zero attached hydrogens (tertiary/aromatic N) is 3. The predicted octanol–water partition coefficient (Wildman–Crippen LogP) is 1.19. The third-order valence-corrected chi connectivity index (χ3v) is 5.15. The lowest BCUT2D eigenvalue weighted by atomic mass is 9.68. The second-order valence-electron chi connectivity index (χ2n) is 7.39. The fourth-order valence-electron chi connectivity index (χ4n) is 3.69. The highest BCUT2D eigenvalue weighted by Gasteiger charge is 2.37. The Labute approximate surface area is 161 Å². The molecule has 27 heavy (non-hydrogen) atoms. The molecule has 0 radical (unpaired) electrons. The van der Waals surface area contributed by atoms with Gasteiger partial charge in [-0.1, -0.05) is 30.3 Å². The molecule has 1 saturated carbocycles. The summed E-state index contributed by atoms with van der Waals surface area (Å²) in [4.78, 5) is 17.8. The van der Waals surface area contributed by atoms with Gasteiger partial charge in [-0.15, -0.1) is 4.99 Å². The smallest absolute Gasteiger partial charge is 0.234 e. The van der Waals surface area contributed by atoms with Gasteiger partial charge in [0.1, 0.15) is 0 Å². The molecule has 0 saturated heterocycles. The molecule has 0 bridgehead atoms. The number of carbonyl (C=O) groups excluding carboxylic acids is 1. The van der Waals surface area contributed by atoms with Crippen molar-refractivity contribution in [3.8, 4) is 6.19 Å². The normalized spacial score (nSPS) is 22.8. The number of hydrogen-bond donors (Lipinski definition) is 3. The summed E-state index contributed by atoms with van der Waals surface area (Å²) >= 11 is 0. The number of aliphatic imine (C=N–C) groups is 1. The van der Waals surface area contributed by atoms with E-state index >= 15 is 0 Å². The van der Waals surface area contributed by atoms with Gasteiger partial charge < -0.3 is 20.9 Å². The van der Waals surface area contributed by atoms with Crippen LogP contribution < -0.4 is 16.0 Å². The van der Waals surface area contributed by atoms with E-state index in [4.69, 9.17) is 5.26 Å². The Bertz CT molecular complexity index is 671. The first-order valence-corrected chi connectivity index (χ1v) is 9.37. The van der Waals surface area contributed by atoms with Crippen LogP contribution in [0.3, 0.4) is 0 Å². The topological polar surface area (TPSA) is 92.5 Å². The number of hydrogen-bond acceptors (Lipinski definition) is 4. The van der Waals surface area contributed by atoms with E-state index in [1.807, 2.05) is 31.3 Å². The van der Waals surface area contributed by atoms with Crippen LogP contribution in [0, 0.1) is 11.5 Å². The van der Waals surface area contributed by atoms with Gasteiger partial charge in [-0.05, 0) is 45.3 Å². The molecule has 0 aromatic heterocycles. The summed E-state index contributed by atoms with van der Waals surface area (Å²) in [6, 6.07) is 10.7. The number of benzene rings is 1. The van der Waals surface area contributed by atoms with Crippen molar-refractivity contribution in [2.45, 2.75) is 37.1 Å². The zero-order valence-electron chi connectivity index (χ0n) is 16.5. The molecule has 0 aliphatic heterocycles. The first-order chi connectivity index (χ1) is 13.0. The molecule has 0 unspecified atom stereocenters. The van der Waals surface area contributed by atoms with Crippen molar-refractivity contribution in [1.29, 1.82) is 5.26 Å². The number of guanidine groups is 1. The molecule has 0 spiro atoms. The van der Waals surface area contributed by atoms with Crippen molar-refractivity contribution >= 4 is 11.9 Å². The van der Waals surface area contributed by atoms with Crippen molar-refractivity contribution in [1.82, 2.24) is 20.9 Å². The minimum absolute atomic E-state index is 0.0502. The van der Waals surface area contributed by atoms with Crippen molar-refractivity contribution in [2.24, 2.45) is 4.99 Å². The molecular formula is C20H30N6O. The van der Waals surface area contributed by atoms with Crippen LogP contribution in [0.1, 0.15) is 31.2 Å². The van der Waals surface area contributed by atoms with E-state index < -0.39 is 0 Å². The van der Waals surface area contributed by atoms with Crippen molar-refractivity contribution in [3.63, 3.8) is 0 Å². The van der Waals surface area contributed by atoms with Crippen molar-refractivity contribution in [3.05, 3.63) is 35.9 Å². The summed E-state index contributed by atoms with van der Waals surface area (Å²) in [7, 11) is 5.54. The SMILES string of the molecule is CN/C(=N\C#N)N[C@H]1CC[C@](CNC(=O)CN(C)C)(c2ccccc2)CC1. The van der Waals surface area contributed by atoms with Gasteiger partial charge in [0.15, 0.2) is 0 Å². The first kappa shape index (κ1) is 20.7. The molecule has 3 N–H and O–H groups in total. The molecule has 0 atom stereocenters. The molecule has 2 rings (SSSR count). The summed E-state index contributed by atoms with van der Waals surface area (Å²) < 4.78 is 0. The molecule has 1 fully saturated rings. The maximum Gasteiger partial charge on any atom is 0.234 e. The molecule has 1 amide bonds. The summed E-state index contributed by atoms with van der Waals surface area (Å²) in [6.07, 6.45) is 5.63. The molecule has 146 valence electrons. The Kier molecular flexibility index (Phi) is 7.62. The van der Waals surface area contributed by atoms with E-state index in [0.717, 1.165) is 25.7 Å². The molecule has 0 heterocycles. The second-order valence-corrected chi connectivity index (χ2v) is 7.39. The predicted molar refractivity (Wildman–Crippen MR) is 107 cm³/mol. The second kappa shape index (κ2) is 9.93. The van der Waals surface area contributed by atoms with E-state index in [9.17, 15) is 4.79 Å². The van der Waals surface area contributed by atoms with E-state index in [1.54, 1.807) is 7.05 Å². The third-order valence-electron chi connectivity index (χ3n) is 5.15. The van der Waals surface area contributed by atoms with Gasteiger partial charge in [-0.25, -0.2) is 0 Å². The highest BCUT2D eigenvalue weighted by atomic mass is 16.2. The lowest BCUT2D eigenvalue weighted by Crippen LogP contribution is -2.49. The molecule has 1 aliphatic carbocycles. The van der Waals surface area contributed by atoms with Crippen LogP contribution in [0.4, 0.5) is 0 Å². The molecule has 1 aliphatic rings. The fraction of sp³-hybridized carbons (Fsp3) is 0.550. The number of nitriles is 1. The number of rotatable bonds is 6. The van der Waals surface area contributed by atoms with Crippen LogP contribution in [-0.2, 0) is 10.2 Å². The Balaban J connectivity index is 2.07. The van der Waals surface area contributed by atoms with Crippen molar-refractivity contribution in [2.75, 3.05) is 34.2 Å². The quantitative estimate of drug-likeness (QED) is 0.397. The zero-order valence-corrected chi connectivity index (χ0v) is 16.5. The van der Waals surface area contributed by atoms with Gasteiger partial charge in [0.25, 0.3) is 0 Å². The van der Waals surface area contributed by atoms with Crippen LogP contribution in [0.2, 0.25) is 0 Å². The van der Waals surface area contributed by atoms with E-state index in [-0.39, 0.29) is 17.4 Å². The minimum Gasteiger partial charge on any atom is -0.359 e. The molecular weight excluding hydrogens is 340 g/mol. The third kappa shape index (κ3) is 5.97. The summed E-state index contributed by atoms with van der Waals surface area (Å²) in [5.74, 6) is 0.558. The highest BCUT2D eigenvalue weighted by Crippen LogP contribution is 2.39. The summed E-state index contributed by atoms with van der Waals surface area (Å²) in [6.45, 7) is 1.03. The lowest BCUT2D eigenvalue weighted by molar-refractivity contribution is -0.122. The highest BCUT2D eigenvalue weighted by molar-refractivity contribution is 5.80. The molecule has 7 nitrogen and oxygen atoms in total. The molecule has 1 aromatic carbocycles. The Hall–Kier alpha value is -2.59. The number of nitrogens with one attached hydrogen (secondary N) is 3. The Morgan fingerprint density at radius 2 is 1.96 bits per heavy atom. The van der Waals surface area contributed by atoms with Crippen LogP contribution in [0.25, 0.3) is 0 Å². The van der Waals surface area contributed by atoms with Gasteiger partial charge in [0.2, 0.25) is 18.1 Å². The first-order valence-electron chi connectivity index (χ1n) is 9.37. The monoisotopic (exact) mass is 370 g/mol. The molecule has 7 heteroatoms. The van der Waals surface area contributed by atoms with Gasteiger partial charge >= 0.3 is 0 Å². The number of likely N-dealkylation sites (N-methyl/N-ethyl adjacent to an activating group) is 1. The van der Waals surface area contributed by atoms with E-state index in [2.05, 4.69) is 45.2 Å². The molecule has 1 aromatic rings. The average molecular weight is 371 g/mol. The minimum atomic E-state index is -0.0619.